The van der Waals surface area contributed by atoms with Crippen molar-refractivity contribution in [1.82, 2.24) is 10.2 Å². The van der Waals surface area contributed by atoms with Crippen molar-refractivity contribution in [1.29, 1.82) is 0 Å². The van der Waals surface area contributed by atoms with Crippen molar-refractivity contribution in [2.45, 2.75) is 16.3 Å². The van der Waals surface area contributed by atoms with Gasteiger partial charge in [0.1, 0.15) is 0 Å². The van der Waals surface area contributed by atoms with Crippen LogP contribution in [0.1, 0.15) is 21.5 Å². The highest BCUT2D eigenvalue weighted by molar-refractivity contribution is 8.00. The first-order valence-electron chi connectivity index (χ1n) is 7.91. The van der Waals surface area contributed by atoms with E-state index in [1.54, 1.807) is 0 Å². The number of hydrogen-bond acceptors (Lipinski definition) is 7. The van der Waals surface area contributed by atoms with E-state index in [0.29, 0.717) is 4.34 Å². The molecule has 1 heterocycles. The number of alkyl halides is 3. The number of amides is 1. The zero-order valence-corrected chi connectivity index (χ0v) is 16.0. The Kier molecular flexibility index (Phi) is 6.13. The van der Waals surface area contributed by atoms with Gasteiger partial charge in [0.2, 0.25) is 5.13 Å². The average molecular weight is 440 g/mol. The first-order valence-corrected chi connectivity index (χ1v) is 9.71. The Morgan fingerprint density at radius 3 is 2.66 bits per heavy atom. The summed E-state index contributed by atoms with van der Waals surface area (Å²) in [5, 5.41) is 21.0. The largest absolute Gasteiger partial charge is 0.416 e. The van der Waals surface area contributed by atoms with Gasteiger partial charge in [0, 0.05) is 23.4 Å². The molecule has 0 saturated heterocycles. The van der Waals surface area contributed by atoms with Crippen LogP contribution in [0.4, 0.5) is 24.0 Å². The van der Waals surface area contributed by atoms with Crippen LogP contribution in [0, 0.1) is 10.1 Å². The fourth-order valence-electron chi connectivity index (χ4n) is 2.31. The normalized spacial score (nSPS) is 11.3. The van der Waals surface area contributed by atoms with Crippen LogP contribution in [0.3, 0.4) is 0 Å². The molecule has 29 heavy (non-hydrogen) atoms. The first-order chi connectivity index (χ1) is 13.7. The van der Waals surface area contributed by atoms with Gasteiger partial charge in [-0.2, -0.15) is 13.2 Å². The lowest BCUT2D eigenvalue weighted by atomic mass is 10.1. The molecule has 1 N–H and O–H groups in total. The molecule has 7 nitrogen and oxygen atoms in total. The summed E-state index contributed by atoms with van der Waals surface area (Å²) in [5.41, 5.74) is -0.754. The van der Waals surface area contributed by atoms with Crippen molar-refractivity contribution in [2.24, 2.45) is 0 Å². The van der Waals surface area contributed by atoms with Crippen LogP contribution in [0.25, 0.3) is 0 Å². The number of carbonyl (C=O) groups is 1. The van der Waals surface area contributed by atoms with Crippen LogP contribution < -0.4 is 5.32 Å². The van der Waals surface area contributed by atoms with Crippen LogP contribution in [-0.4, -0.2) is 21.0 Å². The molecule has 0 aliphatic carbocycles. The molecule has 150 valence electrons. The summed E-state index contributed by atoms with van der Waals surface area (Å²) in [6, 6.07) is 10.4. The Morgan fingerprint density at radius 2 is 1.93 bits per heavy atom. The molecular formula is C17H11F3N4O3S2. The van der Waals surface area contributed by atoms with Crippen LogP contribution >= 0.6 is 23.1 Å². The number of nitrogens with zero attached hydrogens (tertiary/aromatic N) is 3. The molecule has 3 aromatic rings. The number of halogens is 3. The van der Waals surface area contributed by atoms with Gasteiger partial charge in [-0.15, -0.1) is 10.2 Å². The SMILES string of the molecule is O=C(Nc1nnc(SCc2ccccc2C(F)(F)F)s1)c1cccc([N+](=O)[O-])c1. The van der Waals surface area contributed by atoms with Gasteiger partial charge < -0.3 is 0 Å². The molecule has 3 rings (SSSR count). The predicted molar refractivity (Wildman–Crippen MR) is 102 cm³/mol. The number of benzene rings is 2. The number of hydrogen-bond donors (Lipinski definition) is 1. The van der Waals surface area contributed by atoms with E-state index >= 15 is 0 Å². The molecule has 0 saturated carbocycles. The van der Waals surface area contributed by atoms with E-state index in [1.165, 1.54) is 36.4 Å². The zero-order valence-electron chi connectivity index (χ0n) is 14.3. The minimum absolute atomic E-state index is 0.0309. The summed E-state index contributed by atoms with van der Waals surface area (Å²) in [6.07, 6.45) is -4.45. The predicted octanol–water partition coefficient (Wildman–Crippen LogP) is 5.01. The van der Waals surface area contributed by atoms with E-state index in [4.69, 9.17) is 0 Å². The lowest BCUT2D eigenvalue weighted by Gasteiger charge is -2.11. The summed E-state index contributed by atoms with van der Waals surface area (Å²) in [5.74, 6) is -0.577. The molecule has 0 atom stereocenters. The van der Waals surface area contributed by atoms with Crippen molar-refractivity contribution >= 4 is 39.8 Å². The van der Waals surface area contributed by atoms with Gasteiger partial charge in [-0.1, -0.05) is 47.4 Å². The summed E-state index contributed by atoms with van der Waals surface area (Å²) >= 11 is 2.05. The Bertz CT molecular complexity index is 1060. The fraction of sp³-hybridized carbons (Fsp3) is 0.118. The van der Waals surface area contributed by atoms with E-state index < -0.39 is 22.6 Å². The van der Waals surface area contributed by atoms with E-state index in [2.05, 4.69) is 15.5 Å². The second kappa shape index (κ2) is 8.57. The topological polar surface area (TPSA) is 98.0 Å². The number of rotatable bonds is 6. The number of non-ortho nitro benzene ring substituents is 1. The molecule has 2 aromatic carbocycles. The smallest absolute Gasteiger partial charge is 0.296 e. The molecule has 1 aromatic heterocycles. The van der Waals surface area contributed by atoms with Crippen molar-refractivity contribution in [2.75, 3.05) is 5.32 Å². The Balaban J connectivity index is 1.65. The van der Waals surface area contributed by atoms with Crippen LogP contribution in [0.5, 0.6) is 0 Å². The van der Waals surface area contributed by atoms with Gasteiger partial charge in [-0.05, 0) is 17.7 Å². The van der Waals surface area contributed by atoms with Gasteiger partial charge in [0.15, 0.2) is 4.34 Å². The number of anilines is 1. The van der Waals surface area contributed by atoms with Crippen molar-refractivity contribution in [3.8, 4) is 0 Å². The molecule has 1 amide bonds. The minimum atomic E-state index is -4.45. The Hall–Kier alpha value is -2.99. The second-order valence-electron chi connectivity index (χ2n) is 5.58. The van der Waals surface area contributed by atoms with Crippen molar-refractivity contribution < 1.29 is 22.9 Å². The average Bonchev–Trinajstić information content (AvgIpc) is 3.13. The maximum absolute atomic E-state index is 13.0. The van der Waals surface area contributed by atoms with E-state index in [-0.39, 0.29) is 27.7 Å². The second-order valence-corrected chi connectivity index (χ2v) is 7.78. The summed E-state index contributed by atoms with van der Waals surface area (Å²) < 4.78 is 39.5. The minimum Gasteiger partial charge on any atom is -0.296 e. The van der Waals surface area contributed by atoms with E-state index in [0.717, 1.165) is 35.2 Å². The van der Waals surface area contributed by atoms with Crippen LogP contribution in [0.15, 0.2) is 52.9 Å². The Labute approximate surface area is 170 Å². The van der Waals surface area contributed by atoms with Crippen LogP contribution in [-0.2, 0) is 11.9 Å². The standard InChI is InChI=1S/C17H11F3N4O3S2/c18-17(19,20)13-7-2-1-4-11(13)9-28-16-23-22-15(29-16)21-14(25)10-5-3-6-12(8-10)24(26)27/h1-8H,9H2,(H,21,22,25). The molecule has 0 spiro atoms. The highest BCUT2D eigenvalue weighted by Gasteiger charge is 2.32. The number of carbonyl (C=O) groups excluding carboxylic acids is 1. The fourth-order valence-corrected chi connectivity index (χ4v) is 4.06. The molecule has 0 radical (unpaired) electrons. The summed E-state index contributed by atoms with van der Waals surface area (Å²) in [6.45, 7) is 0. The number of nitro benzene ring substituents is 1. The maximum atomic E-state index is 13.0. The third kappa shape index (κ3) is 5.29. The van der Waals surface area contributed by atoms with Crippen molar-refractivity contribution in [3.63, 3.8) is 0 Å². The van der Waals surface area contributed by atoms with Gasteiger partial charge in [-0.3, -0.25) is 20.2 Å². The van der Waals surface area contributed by atoms with E-state index in [1.807, 2.05) is 0 Å². The highest BCUT2D eigenvalue weighted by Crippen LogP contribution is 2.35. The zero-order chi connectivity index (χ0) is 21.0. The molecule has 0 aliphatic heterocycles. The number of thioether (sulfide) groups is 1. The number of nitro groups is 1. The molecule has 0 aliphatic rings. The lowest BCUT2D eigenvalue weighted by molar-refractivity contribution is -0.384. The number of aromatic nitrogens is 2. The third-order valence-electron chi connectivity index (χ3n) is 3.62. The van der Waals surface area contributed by atoms with Crippen molar-refractivity contribution in [3.05, 3.63) is 75.3 Å². The van der Waals surface area contributed by atoms with Crippen LogP contribution in [0.2, 0.25) is 0 Å². The lowest BCUT2D eigenvalue weighted by Crippen LogP contribution is -2.11. The van der Waals surface area contributed by atoms with Gasteiger partial charge in [-0.25, -0.2) is 0 Å². The van der Waals surface area contributed by atoms with Gasteiger partial charge in [0.25, 0.3) is 11.6 Å². The number of nitrogens with one attached hydrogen (secondary N) is 1. The van der Waals surface area contributed by atoms with Gasteiger partial charge >= 0.3 is 6.18 Å². The van der Waals surface area contributed by atoms with E-state index in [9.17, 15) is 28.1 Å². The summed E-state index contributed by atoms with van der Waals surface area (Å²) in [7, 11) is 0. The maximum Gasteiger partial charge on any atom is 0.416 e. The molecule has 0 fully saturated rings. The molecule has 12 heteroatoms. The molecule has 0 unspecified atom stereocenters. The van der Waals surface area contributed by atoms with Gasteiger partial charge in [0.05, 0.1) is 10.5 Å². The molecule has 0 bridgehead atoms. The quantitative estimate of drug-likeness (QED) is 0.250. The molecular weight excluding hydrogens is 429 g/mol. The summed E-state index contributed by atoms with van der Waals surface area (Å²) in [4.78, 5) is 22.4. The highest BCUT2D eigenvalue weighted by atomic mass is 32.2. The monoisotopic (exact) mass is 440 g/mol. The first kappa shape index (κ1) is 20.7. The Morgan fingerprint density at radius 1 is 1.17 bits per heavy atom. The third-order valence-corrected chi connectivity index (χ3v) is 5.64.